The minimum absolute atomic E-state index is 0.240. The fraction of sp³-hybridized carbons (Fsp3) is 0.269. The van der Waals surface area contributed by atoms with Crippen LogP contribution in [-0.4, -0.2) is 39.1 Å². The van der Waals surface area contributed by atoms with Gasteiger partial charge in [-0.25, -0.2) is 0 Å². The Morgan fingerprint density at radius 2 is 1.56 bits per heavy atom. The van der Waals surface area contributed by atoms with Crippen LogP contribution in [-0.2, 0) is 18.0 Å². The Bertz CT molecular complexity index is 1040. The van der Waals surface area contributed by atoms with E-state index in [2.05, 4.69) is 15.9 Å². The van der Waals surface area contributed by atoms with Crippen LogP contribution in [0.4, 0.5) is 0 Å². The molecule has 0 bridgehead atoms. The van der Waals surface area contributed by atoms with Crippen LogP contribution in [0.15, 0.2) is 65.1 Å². The van der Waals surface area contributed by atoms with E-state index in [0.717, 1.165) is 23.2 Å². The van der Waals surface area contributed by atoms with Crippen molar-refractivity contribution in [2.75, 3.05) is 32.8 Å². The lowest BCUT2D eigenvalue weighted by Crippen LogP contribution is -2.10. The van der Waals surface area contributed by atoms with E-state index in [0.29, 0.717) is 59.6 Å². The van der Waals surface area contributed by atoms with Crippen LogP contribution in [0.25, 0.3) is 0 Å². The third kappa shape index (κ3) is 7.38. The summed E-state index contributed by atoms with van der Waals surface area (Å²) in [4.78, 5) is 12.1. The van der Waals surface area contributed by atoms with Crippen LogP contribution in [0.5, 0.6) is 23.0 Å². The van der Waals surface area contributed by atoms with Crippen molar-refractivity contribution in [3.05, 3.63) is 81.8 Å². The Labute approximate surface area is 212 Å². The monoisotopic (exact) mass is 548 g/mol. The van der Waals surface area contributed by atoms with Gasteiger partial charge in [0, 0.05) is 11.9 Å². The molecule has 3 aromatic carbocycles. The van der Waals surface area contributed by atoms with Gasteiger partial charge in [0.15, 0.2) is 12.0 Å². The third-order valence-electron chi connectivity index (χ3n) is 4.79. The molecule has 3 rings (SSSR count). The highest BCUT2D eigenvalue weighted by atomic mass is 79.9. The van der Waals surface area contributed by atoms with Crippen molar-refractivity contribution < 1.29 is 28.5 Å². The Morgan fingerprint density at radius 3 is 2.24 bits per heavy atom. The van der Waals surface area contributed by atoms with E-state index in [1.807, 2.05) is 54.6 Å². The standard InChI is InChI=1S/C26H26BrClO6/c1-30-21-9-7-20(8-10-21)18-34-26-22(16-29)23(33-17-19-5-3-2-4-6-19)15-24(25(26)27)32-14-13-31-12-11-28/h2-10,15-16H,11-14,17-18H2,1H3. The van der Waals surface area contributed by atoms with Gasteiger partial charge in [0.25, 0.3) is 0 Å². The van der Waals surface area contributed by atoms with Crippen LogP contribution in [0.1, 0.15) is 21.5 Å². The molecule has 0 fully saturated rings. The molecule has 0 radical (unpaired) electrons. The van der Waals surface area contributed by atoms with Gasteiger partial charge in [-0.1, -0.05) is 42.5 Å². The van der Waals surface area contributed by atoms with Crippen LogP contribution in [0.3, 0.4) is 0 Å². The number of hydrogen-bond acceptors (Lipinski definition) is 6. The quantitative estimate of drug-likeness (QED) is 0.138. The minimum Gasteiger partial charge on any atom is -0.497 e. The van der Waals surface area contributed by atoms with Crippen molar-refractivity contribution in [2.24, 2.45) is 0 Å². The van der Waals surface area contributed by atoms with Gasteiger partial charge in [-0.3, -0.25) is 4.79 Å². The Hall–Kier alpha value is -2.74. The highest BCUT2D eigenvalue weighted by Gasteiger charge is 2.20. The maximum atomic E-state index is 12.1. The van der Waals surface area contributed by atoms with E-state index in [9.17, 15) is 4.79 Å². The predicted molar refractivity (Wildman–Crippen MR) is 135 cm³/mol. The van der Waals surface area contributed by atoms with E-state index in [4.69, 9.17) is 35.3 Å². The summed E-state index contributed by atoms with van der Waals surface area (Å²) in [6, 6.07) is 18.9. The molecule has 0 saturated carbocycles. The SMILES string of the molecule is COc1ccc(COc2c(Br)c(OCCOCCCl)cc(OCc3ccccc3)c2C=O)cc1. The van der Waals surface area contributed by atoms with E-state index in [1.165, 1.54) is 0 Å². The van der Waals surface area contributed by atoms with Gasteiger partial charge < -0.3 is 23.7 Å². The Kier molecular flexibility index (Phi) is 10.5. The first-order valence-corrected chi connectivity index (χ1v) is 12.0. The van der Waals surface area contributed by atoms with Crippen molar-refractivity contribution in [1.82, 2.24) is 0 Å². The van der Waals surface area contributed by atoms with Crippen molar-refractivity contribution in [3.63, 3.8) is 0 Å². The van der Waals surface area contributed by atoms with Gasteiger partial charge in [0.2, 0.25) is 0 Å². The molecular formula is C26H26BrClO6. The molecule has 0 atom stereocenters. The van der Waals surface area contributed by atoms with Gasteiger partial charge >= 0.3 is 0 Å². The number of carbonyl (C=O) groups is 1. The van der Waals surface area contributed by atoms with Gasteiger partial charge in [0.1, 0.15) is 41.5 Å². The molecule has 3 aromatic rings. The number of methoxy groups -OCH3 is 1. The summed E-state index contributed by atoms with van der Waals surface area (Å²) in [5.74, 6) is 2.35. The van der Waals surface area contributed by atoms with Gasteiger partial charge in [-0.2, -0.15) is 0 Å². The van der Waals surface area contributed by atoms with Crippen molar-refractivity contribution >= 4 is 33.8 Å². The second-order valence-electron chi connectivity index (χ2n) is 7.11. The molecule has 0 aliphatic heterocycles. The number of halogens is 2. The fourth-order valence-corrected chi connectivity index (χ4v) is 3.73. The van der Waals surface area contributed by atoms with Crippen molar-refractivity contribution in [2.45, 2.75) is 13.2 Å². The second kappa shape index (κ2) is 13.8. The fourth-order valence-electron chi connectivity index (χ4n) is 3.06. The van der Waals surface area contributed by atoms with E-state index in [-0.39, 0.29) is 6.61 Å². The minimum atomic E-state index is 0.240. The predicted octanol–water partition coefficient (Wildman–Crippen LogP) is 6.06. The molecule has 0 unspecified atom stereocenters. The number of hydrogen-bond donors (Lipinski definition) is 0. The molecule has 0 amide bonds. The first-order chi connectivity index (χ1) is 16.7. The number of benzene rings is 3. The number of aldehydes is 1. The first kappa shape index (κ1) is 25.9. The molecular weight excluding hydrogens is 524 g/mol. The van der Waals surface area contributed by atoms with E-state index in [1.54, 1.807) is 13.2 Å². The van der Waals surface area contributed by atoms with Crippen LogP contribution in [0, 0.1) is 0 Å². The average Bonchev–Trinajstić information content (AvgIpc) is 2.88. The maximum absolute atomic E-state index is 12.1. The molecule has 0 saturated heterocycles. The van der Waals surface area contributed by atoms with Gasteiger partial charge in [-0.05, 0) is 39.2 Å². The average molecular weight is 550 g/mol. The molecule has 180 valence electrons. The maximum Gasteiger partial charge on any atom is 0.157 e. The highest BCUT2D eigenvalue weighted by molar-refractivity contribution is 9.10. The molecule has 8 heteroatoms. The van der Waals surface area contributed by atoms with Gasteiger partial charge in [0.05, 0.1) is 25.9 Å². The van der Waals surface area contributed by atoms with Crippen LogP contribution < -0.4 is 18.9 Å². The topological polar surface area (TPSA) is 63.2 Å². The summed E-state index contributed by atoms with van der Waals surface area (Å²) >= 11 is 9.17. The summed E-state index contributed by atoms with van der Waals surface area (Å²) in [5, 5.41) is 0. The largest absolute Gasteiger partial charge is 0.497 e. The van der Waals surface area contributed by atoms with Crippen molar-refractivity contribution in [1.29, 1.82) is 0 Å². The summed E-state index contributed by atoms with van der Waals surface area (Å²) in [6.45, 7) is 1.64. The Balaban J connectivity index is 1.84. The number of carbonyl (C=O) groups excluding carboxylic acids is 1. The third-order valence-corrected chi connectivity index (χ3v) is 5.70. The lowest BCUT2D eigenvalue weighted by atomic mass is 10.1. The summed E-state index contributed by atoms with van der Waals surface area (Å²) in [6.07, 6.45) is 0.724. The van der Waals surface area contributed by atoms with Gasteiger partial charge in [-0.15, -0.1) is 11.6 Å². The van der Waals surface area contributed by atoms with Crippen LogP contribution in [0.2, 0.25) is 0 Å². The summed E-state index contributed by atoms with van der Waals surface area (Å²) in [7, 11) is 1.61. The molecule has 0 aromatic heterocycles. The summed E-state index contributed by atoms with van der Waals surface area (Å²) < 4.78 is 29.1. The van der Waals surface area contributed by atoms with E-state index < -0.39 is 0 Å². The summed E-state index contributed by atoms with van der Waals surface area (Å²) in [5.41, 5.74) is 2.18. The van der Waals surface area contributed by atoms with Crippen LogP contribution >= 0.6 is 27.5 Å². The number of ether oxygens (including phenoxy) is 5. The highest BCUT2D eigenvalue weighted by Crippen LogP contribution is 2.43. The number of alkyl halides is 1. The van der Waals surface area contributed by atoms with E-state index >= 15 is 0 Å². The molecule has 6 nitrogen and oxygen atoms in total. The molecule has 0 aliphatic carbocycles. The molecule has 0 aliphatic rings. The molecule has 0 N–H and O–H groups in total. The molecule has 0 heterocycles. The Morgan fingerprint density at radius 1 is 0.853 bits per heavy atom. The molecule has 0 spiro atoms. The first-order valence-electron chi connectivity index (χ1n) is 10.7. The smallest absolute Gasteiger partial charge is 0.157 e. The second-order valence-corrected chi connectivity index (χ2v) is 8.28. The zero-order valence-electron chi connectivity index (χ0n) is 18.8. The van der Waals surface area contributed by atoms with Crippen molar-refractivity contribution in [3.8, 4) is 23.0 Å². The normalized spacial score (nSPS) is 10.6. The lowest BCUT2D eigenvalue weighted by molar-refractivity contribution is 0.109. The lowest BCUT2D eigenvalue weighted by Gasteiger charge is -2.18. The zero-order chi connectivity index (χ0) is 24.2. The number of rotatable bonds is 14. The molecule has 34 heavy (non-hydrogen) atoms. The zero-order valence-corrected chi connectivity index (χ0v) is 21.1.